The molecule has 0 aliphatic rings. The van der Waals surface area contributed by atoms with Gasteiger partial charge in [-0.2, -0.15) is 0 Å². The van der Waals surface area contributed by atoms with Crippen molar-refractivity contribution >= 4 is 11.9 Å². The van der Waals surface area contributed by atoms with Crippen LogP contribution in [-0.2, 0) is 9.59 Å². The second-order valence-electron chi connectivity index (χ2n) is 4.90. The predicted molar refractivity (Wildman–Crippen MR) is 63.2 cm³/mol. The van der Waals surface area contributed by atoms with Crippen LogP contribution in [0.5, 0.6) is 0 Å². The van der Waals surface area contributed by atoms with Gasteiger partial charge in [-0.15, -0.1) is 0 Å². The monoisotopic (exact) mass is 229 g/mol. The van der Waals surface area contributed by atoms with Crippen molar-refractivity contribution in [3.05, 3.63) is 0 Å². The second kappa shape index (κ2) is 6.51. The lowest BCUT2D eigenvalue weighted by Crippen LogP contribution is -2.41. The van der Waals surface area contributed by atoms with Crippen LogP contribution in [0, 0.1) is 5.41 Å². The van der Waals surface area contributed by atoms with Gasteiger partial charge in [0.25, 0.3) is 0 Å². The van der Waals surface area contributed by atoms with Gasteiger partial charge in [0.2, 0.25) is 5.91 Å². The van der Waals surface area contributed by atoms with Gasteiger partial charge in [0.05, 0.1) is 0 Å². The Morgan fingerprint density at radius 3 is 2.38 bits per heavy atom. The fraction of sp³-hybridized carbons (Fsp3) is 0.833. The Kier molecular flexibility index (Phi) is 6.08. The molecular formula is C12H23NO3. The molecule has 1 atom stereocenters. The van der Waals surface area contributed by atoms with E-state index in [4.69, 9.17) is 5.11 Å². The Bertz CT molecular complexity index is 249. The van der Waals surface area contributed by atoms with Gasteiger partial charge >= 0.3 is 5.97 Å². The Labute approximate surface area is 97.4 Å². The SMILES string of the molecule is CCC(C)(C)C(=O)NC(C)CCCC(=O)O. The zero-order valence-corrected chi connectivity index (χ0v) is 10.7. The van der Waals surface area contributed by atoms with Crippen molar-refractivity contribution in [1.82, 2.24) is 5.32 Å². The standard InChI is InChI=1S/C12H23NO3/c1-5-12(3,4)11(16)13-9(2)7-6-8-10(14)15/h9H,5-8H2,1-4H3,(H,13,16)(H,14,15). The van der Waals surface area contributed by atoms with Crippen molar-refractivity contribution in [3.63, 3.8) is 0 Å². The van der Waals surface area contributed by atoms with Crippen LogP contribution < -0.4 is 5.32 Å². The number of hydrogen-bond acceptors (Lipinski definition) is 2. The summed E-state index contributed by atoms with van der Waals surface area (Å²) in [5.74, 6) is -0.745. The van der Waals surface area contributed by atoms with E-state index in [1.807, 2.05) is 27.7 Å². The maximum absolute atomic E-state index is 11.8. The normalized spacial score (nSPS) is 13.2. The molecule has 0 aromatic heterocycles. The van der Waals surface area contributed by atoms with E-state index in [0.29, 0.717) is 12.8 Å². The second-order valence-corrected chi connectivity index (χ2v) is 4.90. The van der Waals surface area contributed by atoms with Gasteiger partial charge in [0.15, 0.2) is 0 Å². The molecule has 0 spiro atoms. The van der Waals surface area contributed by atoms with Crippen molar-refractivity contribution in [2.24, 2.45) is 5.41 Å². The first kappa shape index (κ1) is 14.9. The molecule has 0 saturated carbocycles. The summed E-state index contributed by atoms with van der Waals surface area (Å²) in [6.45, 7) is 7.71. The minimum absolute atomic E-state index is 0.0395. The molecule has 0 saturated heterocycles. The molecule has 0 aromatic carbocycles. The van der Waals surface area contributed by atoms with Crippen molar-refractivity contribution in [2.45, 2.75) is 59.4 Å². The minimum Gasteiger partial charge on any atom is -0.481 e. The smallest absolute Gasteiger partial charge is 0.303 e. The van der Waals surface area contributed by atoms with Gasteiger partial charge in [0.1, 0.15) is 0 Å². The van der Waals surface area contributed by atoms with Crippen LogP contribution in [0.15, 0.2) is 0 Å². The van der Waals surface area contributed by atoms with Gasteiger partial charge in [-0.3, -0.25) is 9.59 Å². The van der Waals surface area contributed by atoms with E-state index in [-0.39, 0.29) is 23.8 Å². The van der Waals surface area contributed by atoms with Crippen molar-refractivity contribution in [2.75, 3.05) is 0 Å². The van der Waals surface area contributed by atoms with Crippen LogP contribution in [0.25, 0.3) is 0 Å². The number of carbonyl (C=O) groups excluding carboxylic acids is 1. The first-order valence-electron chi connectivity index (χ1n) is 5.82. The van der Waals surface area contributed by atoms with Crippen LogP contribution in [-0.4, -0.2) is 23.0 Å². The summed E-state index contributed by atoms with van der Waals surface area (Å²) >= 11 is 0. The number of carboxylic acid groups (broad SMARTS) is 1. The Balaban J connectivity index is 3.91. The number of nitrogens with one attached hydrogen (secondary N) is 1. The third-order valence-electron chi connectivity index (χ3n) is 2.90. The number of rotatable bonds is 7. The Hall–Kier alpha value is -1.06. The fourth-order valence-corrected chi connectivity index (χ4v) is 1.21. The molecule has 0 radical (unpaired) electrons. The van der Waals surface area contributed by atoms with Crippen molar-refractivity contribution < 1.29 is 14.7 Å². The van der Waals surface area contributed by atoms with Crippen LogP contribution in [0.1, 0.15) is 53.4 Å². The Morgan fingerprint density at radius 2 is 1.94 bits per heavy atom. The third kappa shape index (κ3) is 5.73. The molecule has 0 aliphatic carbocycles. The summed E-state index contributed by atoms with van der Waals surface area (Å²) in [7, 11) is 0. The molecule has 1 unspecified atom stereocenters. The van der Waals surface area contributed by atoms with Gasteiger partial charge in [-0.25, -0.2) is 0 Å². The molecule has 94 valence electrons. The average molecular weight is 229 g/mol. The highest BCUT2D eigenvalue weighted by Gasteiger charge is 2.25. The Morgan fingerprint density at radius 1 is 1.38 bits per heavy atom. The highest BCUT2D eigenvalue weighted by atomic mass is 16.4. The molecule has 0 rings (SSSR count). The van der Waals surface area contributed by atoms with E-state index in [0.717, 1.165) is 6.42 Å². The third-order valence-corrected chi connectivity index (χ3v) is 2.90. The quantitative estimate of drug-likeness (QED) is 0.703. The van der Waals surface area contributed by atoms with E-state index >= 15 is 0 Å². The number of carboxylic acids is 1. The average Bonchev–Trinajstić information content (AvgIpc) is 2.16. The lowest BCUT2D eigenvalue weighted by atomic mass is 9.89. The zero-order chi connectivity index (χ0) is 12.8. The first-order valence-corrected chi connectivity index (χ1v) is 5.82. The molecule has 2 N–H and O–H groups in total. The summed E-state index contributed by atoms with van der Waals surface area (Å²) in [5.41, 5.74) is -0.346. The maximum Gasteiger partial charge on any atom is 0.303 e. The zero-order valence-electron chi connectivity index (χ0n) is 10.7. The maximum atomic E-state index is 11.8. The van der Waals surface area contributed by atoms with Crippen molar-refractivity contribution in [1.29, 1.82) is 0 Å². The van der Waals surface area contributed by atoms with Crippen LogP contribution in [0.3, 0.4) is 0 Å². The van der Waals surface area contributed by atoms with E-state index in [1.54, 1.807) is 0 Å². The molecule has 0 aromatic rings. The summed E-state index contributed by atoms with van der Waals surface area (Å²) in [4.78, 5) is 22.1. The molecule has 1 amide bonds. The number of aliphatic carboxylic acids is 1. The molecular weight excluding hydrogens is 206 g/mol. The highest BCUT2D eigenvalue weighted by Crippen LogP contribution is 2.19. The summed E-state index contributed by atoms with van der Waals surface area (Å²) in [5, 5.41) is 11.4. The van der Waals surface area contributed by atoms with Crippen LogP contribution >= 0.6 is 0 Å². The van der Waals surface area contributed by atoms with Gasteiger partial charge in [-0.05, 0) is 26.2 Å². The lowest BCUT2D eigenvalue weighted by molar-refractivity contribution is -0.137. The summed E-state index contributed by atoms with van der Waals surface area (Å²) in [6.07, 6.45) is 2.26. The van der Waals surface area contributed by atoms with Gasteiger partial charge in [-0.1, -0.05) is 20.8 Å². The van der Waals surface area contributed by atoms with E-state index < -0.39 is 5.97 Å². The molecule has 16 heavy (non-hydrogen) atoms. The molecule has 0 bridgehead atoms. The van der Waals surface area contributed by atoms with Crippen LogP contribution in [0.2, 0.25) is 0 Å². The predicted octanol–water partition coefficient (Wildman–Crippen LogP) is 2.18. The van der Waals surface area contributed by atoms with Crippen LogP contribution in [0.4, 0.5) is 0 Å². The summed E-state index contributed by atoms with van der Waals surface area (Å²) in [6, 6.07) is 0.0395. The summed E-state index contributed by atoms with van der Waals surface area (Å²) < 4.78 is 0. The topological polar surface area (TPSA) is 66.4 Å². The van der Waals surface area contributed by atoms with E-state index in [1.165, 1.54) is 0 Å². The minimum atomic E-state index is -0.785. The van der Waals surface area contributed by atoms with E-state index in [9.17, 15) is 9.59 Å². The van der Waals surface area contributed by atoms with Gasteiger partial charge < -0.3 is 10.4 Å². The van der Waals surface area contributed by atoms with Crippen molar-refractivity contribution in [3.8, 4) is 0 Å². The highest BCUT2D eigenvalue weighted by molar-refractivity contribution is 5.81. The number of amides is 1. The number of carbonyl (C=O) groups is 2. The first-order chi connectivity index (χ1) is 7.29. The van der Waals surface area contributed by atoms with E-state index in [2.05, 4.69) is 5.32 Å². The molecule has 0 heterocycles. The van der Waals surface area contributed by atoms with Gasteiger partial charge in [0, 0.05) is 17.9 Å². The molecule has 0 aliphatic heterocycles. The molecule has 0 fully saturated rings. The molecule has 4 nitrogen and oxygen atoms in total. The number of hydrogen-bond donors (Lipinski definition) is 2. The lowest BCUT2D eigenvalue weighted by Gasteiger charge is -2.24. The largest absolute Gasteiger partial charge is 0.481 e. The fourth-order valence-electron chi connectivity index (χ4n) is 1.21. The molecule has 4 heteroatoms.